The van der Waals surface area contributed by atoms with Crippen molar-refractivity contribution >= 4 is 17.5 Å². The summed E-state index contributed by atoms with van der Waals surface area (Å²) in [5, 5.41) is 0. The standard InChI is InChI=1S/C23H20O5/c1-26-22(25)14-10-8-13(9-11-14)18-17-7-4-12-27-23(17)28-21-16-6-3-2-5-15(16)20(24)19(18)21/h2-3,5-6,8-11,17-18,23H,4,7,12H2,1H3/t17-,18-,23+/m1/s1. The summed E-state index contributed by atoms with van der Waals surface area (Å²) in [7, 11) is 1.37. The molecule has 3 aliphatic rings. The van der Waals surface area contributed by atoms with Crippen LogP contribution in [0.5, 0.6) is 0 Å². The van der Waals surface area contributed by atoms with Gasteiger partial charge in [-0.2, -0.15) is 0 Å². The van der Waals surface area contributed by atoms with Crippen molar-refractivity contribution in [3.8, 4) is 0 Å². The molecule has 0 bridgehead atoms. The maximum atomic E-state index is 13.3. The number of Topliss-reactive ketones (excluding diaryl/α,β-unsaturated/α-hetero) is 1. The quantitative estimate of drug-likeness (QED) is 0.743. The Labute approximate surface area is 162 Å². The molecule has 5 heteroatoms. The zero-order chi connectivity index (χ0) is 19.3. The molecule has 2 aliphatic heterocycles. The Kier molecular flexibility index (Phi) is 4.05. The van der Waals surface area contributed by atoms with Crippen molar-refractivity contribution in [3.05, 3.63) is 76.4 Å². The van der Waals surface area contributed by atoms with Gasteiger partial charge in [-0.25, -0.2) is 4.79 Å². The van der Waals surface area contributed by atoms with Crippen molar-refractivity contribution in [2.24, 2.45) is 5.92 Å². The van der Waals surface area contributed by atoms with E-state index in [2.05, 4.69) is 0 Å². The van der Waals surface area contributed by atoms with Gasteiger partial charge in [-0.05, 0) is 30.5 Å². The first kappa shape index (κ1) is 17.2. The average molecular weight is 376 g/mol. The van der Waals surface area contributed by atoms with Crippen LogP contribution in [0.2, 0.25) is 0 Å². The van der Waals surface area contributed by atoms with E-state index in [0.717, 1.165) is 24.0 Å². The summed E-state index contributed by atoms with van der Waals surface area (Å²) in [5.74, 6) is 0.236. The third-order valence-electron chi connectivity index (χ3n) is 5.88. The van der Waals surface area contributed by atoms with E-state index >= 15 is 0 Å². The number of hydrogen-bond acceptors (Lipinski definition) is 5. The van der Waals surface area contributed by atoms with E-state index in [9.17, 15) is 9.59 Å². The van der Waals surface area contributed by atoms with Gasteiger partial charge in [0.15, 0.2) is 5.78 Å². The number of methoxy groups -OCH3 is 1. The SMILES string of the molecule is COC(=O)c1ccc([C@H]2C3=C(O[C@@H]4OCCC[C@@H]42)c2ccccc2C3=O)cc1. The van der Waals surface area contributed by atoms with E-state index in [0.29, 0.717) is 29.1 Å². The molecule has 2 aromatic carbocycles. The molecule has 142 valence electrons. The molecule has 2 aromatic rings. The third-order valence-corrected chi connectivity index (χ3v) is 5.88. The first-order valence-corrected chi connectivity index (χ1v) is 9.54. The minimum absolute atomic E-state index is 0.0247. The summed E-state index contributed by atoms with van der Waals surface area (Å²) < 4.78 is 16.9. The van der Waals surface area contributed by atoms with Crippen molar-refractivity contribution in [3.63, 3.8) is 0 Å². The lowest BCUT2D eigenvalue weighted by Gasteiger charge is -2.41. The number of ether oxygens (including phenoxy) is 3. The van der Waals surface area contributed by atoms with E-state index in [4.69, 9.17) is 14.2 Å². The molecule has 2 heterocycles. The molecule has 1 aliphatic carbocycles. The summed E-state index contributed by atoms with van der Waals surface area (Å²) in [4.78, 5) is 25.0. The van der Waals surface area contributed by atoms with Gasteiger partial charge in [0.25, 0.3) is 0 Å². The van der Waals surface area contributed by atoms with Gasteiger partial charge in [0.2, 0.25) is 6.29 Å². The van der Waals surface area contributed by atoms with Crippen LogP contribution in [-0.4, -0.2) is 31.8 Å². The fourth-order valence-electron chi connectivity index (χ4n) is 4.59. The molecule has 28 heavy (non-hydrogen) atoms. The van der Waals surface area contributed by atoms with Crippen LogP contribution >= 0.6 is 0 Å². The summed E-state index contributed by atoms with van der Waals surface area (Å²) in [5.41, 5.74) is 3.71. The van der Waals surface area contributed by atoms with Gasteiger partial charge in [-0.3, -0.25) is 4.79 Å². The number of carbonyl (C=O) groups is 2. The lowest BCUT2D eigenvalue weighted by atomic mass is 9.74. The maximum absolute atomic E-state index is 13.3. The lowest BCUT2D eigenvalue weighted by Crippen LogP contribution is -2.40. The minimum Gasteiger partial charge on any atom is -0.465 e. The predicted octanol–water partition coefficient (Wildman–Crippen LogP) is 3.95. The molecule has 5 rings (SSSR count). The Morgan fingerprint density at radius 3 is 2.57 bits per heavy atom. The van der Waals surface area contributed by atoms with Crippen molar-refractivity contribution < 1.29 is 23.8 Å². The summed E-state index contributed by atoms with van der Waals surface area (Å²) >= 11 is 0. The largest absolute Gasteiger partial charge is 0.465 e. The van der Waals surface area contributed by atoms with E-state index < -0.39 is 0 Å². The topological polar surface area (TPSA) is 61.8 Å². The van der Waals surface area contributed by atoms with Crippen molar-refractivity contribution in [1.29, 1.82) is 0 Å². The zero-order valence-corrected chi connectivity index (χ0v) is 15.5. The Hall–Kier alpha value is -2.92. The Morgan fingerprint density at radius 1 is 1.07 bits per heavy atom. The van der Waals surface area contributed by atoms with Crippen LogP contribution in [0.4, 0.5) is 0 Å². The Bertz CT molecular complexity index is 988. The van der Waals surface area contributed by atoms with E-state index in [1.807, 2.05) is 36.4 Å². The van der Waals surface area contributed by atoms with Gasteiger partial charge >= 0.3 is 5.97 Å². The van der Waals surface area contributed by atoms with E-state index in [1.165, 1.54) is 7.11 Å². The fourth-order valence-corrected chi connectivity index (χ4v) is 4.59. The van der Waals surface area contributed by atoms with Crippen molar-refractivity contribution in [1.82, 2.24) is 0 Å². The highest BCUT2D eigenvalue weighted by atomic mass is 16.7. The summed E-state index contributed by atoms with van der Waals surface area (Å²) in [6, 6.07) is 14.9. The van der Waals surface area contributed by atoms with Crippen LogP contribution < -0.4 is 0 Å². The Morgan fingerprint density at radius 2 is 1.82 bits per heavy atom. The highest BCUT2D eigenvalue weighted by Gasteiger charge is 2.48. The second-order valence-electron chi connectivity index (χ2n) is 7.37. The molecule has 0 aromatic heterocycles. The first-order valence-electron chi connectivity index (χ1n) is 9.54. The molecular formula is C23H20O5. The molecule has 5 nitrogen and oxygen atoms in total. The number of hydrogen-bond donors (Lipinski definition) is 0. The van der Waals surface area contributed by atoms with Gasteiger partial charge in [0.05, 0.1) is 24.9 Å². The van der Waals surface area contributed by atoms with Gasteiger partial charge in [0, 0.05) is 23.0 Å². The molecule has 0 unspecified atom stereocenters. The Balaban J connectivity index is 1.63. The monoisotopic (exact) mass is 376 g/mol. The molecule has 1 saturated heterocycles. The summed E-state index contributed by atoms with van der Waals surface area (Å²) in [6.45, 7) is 0.660. The molecule has 1 fully saturated rings. The second kappa shape index (κ2) is 6.60. The van der Waals surface area contributed by atoms with E-state index in [1.54, 1.807) is 12.1 Å². The number of esters is 1. The van der Waals surface area contributed by atoms with Gasteiger partial charge in [-0.15, -0.1) is 0 Å². The number of allylic oxidation sites excluding steroid dienone is 1. The van der Waals surface area contributed by atoms with Crippen LogP contribution in [0.1, 0.15) is 50.6 Å². The van der Waals surface area contributed by atoms with Crippen LogP contribution in [0.25, 0.3) is 5.76 Å². The van der Waals surface area contributed by atoms with Crippen LogP contribution in [0.15, 0.2) is 54.1 Å². The highest BCUT2D eigenvalue weighted by molar-refractivity contribution is 6.20. The van der Waals surface area contributed by atoms with Crippen LogP contribution in [0.3, 0.4) is 0 Å². The normalized spacial score (nSPS) is 25.5. The minimum atomic E-state index is -0.373. The van der Waals surface area contributed by atoms with Gasteiger partial charge in [-0.1, -0.05) is 36.4 Å². The second-order valence-corrected chi connectivity index (χ2v) is 7.37. The number of benzene rings is 2. The molecule has 0 radical (unpaired) electrons. The van der Waals surface area contributed by atoms with Gasteiger partial charge in [0.1, 0.15) is 5.76 Å². The van der Waals surface area contributed by atoms with Gasteiger partial charge < -0.3 is 14.2 Å². The lowest BCUT2D eigenvalue weighted by molar-refractivity contribution is -0.165. The molecule has 0 amide bonds. The van der Waals surface area contributed by atoms with Crippen LogP contribution in [0, 0.1) is 5.92 Å². The molecule has 0 saturated carbocycles. The number of ketones is 1. The zero-order valence-electron chi connectivity index (χ0n) is 15.5. The average Bonchev–Trinajstić information content (AvgIpc) is 3.04. The predicted molar refractivity (Wildman–Crippen MR) is 102 cm³/mol. The first-order chi connectivity index (χ1) is 13.7. The molecule has 3 atom stereocenters. The smallest absolute Gasteiger partial charge is 0.337 e. The highest BCUT2D eigenvalue weighted by Crippen LogP contribution is 2.52. The molecular weight excluding hydrogens is 356 g/mol. The maximum Gasteiger partial charge on any atom is 0.337 e. The fraction of sp³-hybridized carbons (Fsp3) is 0.304. The van der Waals surface area contributed by atoms with Crippen molar-refractivity contribution in [2.45, 2.75) is 25.0 Å². The van der Waals surface area contributed by atoms with E-state index in [-0.39, 0.29) is 29.9 Å². The number of rotatable bonds is 2. The van der Waals surface area contributed by atoms with Crippen molar-refractivity contribution in [2.75, 3.05) is 13.7 Å². The summed E-state index contributed by atoms with van der Waals surface area (Å²) in [6.07, 6.45) is 1.50. The third kappa shape index (κ3) is 2.50. The number of carbonyl (C=O) groups excluding carboxylic acids is 2. The molecule has 0 spiro atoms. The van der Waals surface area contributed by atoms with Crippen LogP contribution in [-0.2, 0) is 14.2 Å². The molecule has 0 N–H and O–H groups in total. The number of fused-ring (bicyclic) bond motifs is 3.